The Labute approximate surface area is 131 Å². The smallest absolute Gasteiger partial charge is 0.310 e. The van der Waals surface area contributed by atoms with Gasteiger partial charge in [-0.15, -0.1) is 0 Å². The molecular formula is C14H15N5O4. The summed E-state index contributed by atoms with van der Waals surface area (Å²) in [6.07, 6.45) is 0.0900. The van der Waals surface area contributed by atoms with E-state index in [0.29, 0.717) is 24.7 Å². The van der Waals surface area contributed by atoms with Crippen molar-refractivity contribution in [2.45, 2.75) is 13.0 Å². The first-order valence-electron chi connectivity index (χ1n) is 6.90. The number of nitrogens with zero attached hydrogens (tertiary/aromatic N) is 3. The van der Waals surface area contributed by atoms with E-state index < -0.39 is 5.97 Å². The van der Waals surface area contributed by atoms with E-state index in [1.54, 1.807) is 18.2 Å². The zero-order valence-corrected chi connectivity index (χ0v) is 12.2. The lowest BCUT2D eigenvalue weighted by Gasteiger charge is -2.18. The molecule has 1 aromatic heterocycles. The molecule has 0 spiro atoms. The SMILES string of the molecule is Nc1nc(N)nc(COC(=O)Cc2ccc3c(c2)OCCO3)n1. The largest absolute Gasteiger partial charge is 0.486 e. The maximum Gasteiger partial charge on any atom is 0.310 e. The lowest BCUT2D eigenvalue weighted by Crippen LogP contribution is -2.16. The second-order valence-electron chi connectivity index (χ2n) is 4.78. The third-order valence-corrected chi connectivity index (χ3v) is 3.03. The van der Waals surface area contributed by atoms with Crippen molar-refractivity contribution in [1.82, 2.24) is 15.0 Å². The van der Waals surface area contributed by atoms with E-state index in [1.807, 2.05) is 0 Å². The number of benzene rings is 1. The van der Waals surface area contributed by atoms with Gasteiger partial charge in [-0.3, -0.25) is 4.79 Å². The molecule has 0 saturated carbocycles. The molecule has 23 heavy (non-hydrogen) atoms. The number of hydrogen-bond acceptors (Lipinski definition) is 9. The Hall–Kier alpha value is -3.10. The fourth-order valence-electron chi connectivity index (χ4n) is 2.08. The summed E-state index contributed by atoms with van der Waals surface area (Å²) in [5.74, 6) is 1.03. The normalized spacial score (nSPS) is 12.7. The maximum absolute atomic E-state index is 11.9. The molecule has 9 heteroatoms. The van der Waals surface area contributed by atoms with Crippen molar-refractivity contribution < 1.29 is 19.0 Å². The number of anilines is 2. The summed E-state index contributed by atoms with van der Waals surface area (Å²) in [4.78, 5) is 23.2. The number of fused-ring (bicyclic) bond motifs is 1. The zero-order chi connectivity index (χ0) is 16.2. The van der Waals surface area contributed by atoms with Crippen molar-refractivity contribution in [2.75, 3.05) is 24.7 Å². The van der Waals surface area contributed by atoms with Crippen LogP contribution in [0.25, 0.3) is 0 Å². The molecular weight excluding hydrogens is 302 g/mol. The molecule has 0 aliphatic carbocycles. The topological polar surface area (TPSA) is 135 Å². The lowest BCUT2D eigenvalue weighted by molar-refractivity contribution is -0.144. The zero-order valence-electron chi connectivity index (χ0n) is 12.2. The molecule has 0 saturated heterocycles. The second-order valence-corrected chi connectivity index (χ2v) is 4.78. The van der Waals surface area contributed by atoms with Crippen LogP contribution in [0.15, 0.2) is 18.2 Å². The predicted molar refractivity (Wildman–Crippen MR) is 79.6 cm³/mol. The summed E-state index contributed by atoms with van der Waals surface area (Å²) >= 11 is 0. The number of rotatable bonds is 4. The van der Waals surface area contributed by atoms with Gasteiger partial charge in [-0.2, -0.15) is 15.0 Å². The molecule has 0 bridgehead atoms. The van der Waals surface area contributed by atoms with Gasteiger partial charge in [-0.05, 0) is 17.7 Å². The maximum atomic E-state index is 11.9. The minimum atomic E-state index is -0.431. The van der Waals surface area contributed by atoms with Gasteiger partial charge >= 0.3 is 5.97 Å². The van der Waals surface area contributed by atoms with Gasteiger partial charge in [-0.25, -0.2) is 0 Å². The highest BCUT2D eigenvalue weighted by atomic mass is 16.6. The highest BCUT2D eigenvalue weighted by molar-refractivity contribution is 5.73. The molecule has 1 aliphatic rings. The lowest BCUT2D eigenvalue weighted by atomic mass is 10.1. The minimum Gasteiger partial charge on any atom is -0.486 e. The summed E-state index contributed by atoms with van der Waals surface area (Å²) in [7, 11) is 0. The molecule has 0 amide bonds. The first-order valence-corrected chi connectivity index (χ1v) is 6.90. The van der Waals surface area contributed by atoms with Crippen LogP contribution in [0.1, 0.15) is 11.4 Å². The van der Waals surface area contributed by atoms with Crippen LogP contribution >= 0.6 is 0 Å². The van der Waals surface area contributed by atoms with Crippen molar-refractivity contribution in [3.8, 4) is 11.5 Å². The van der Waals surface area contributed by atoms with E-state index in [9.17, 15) is 4.79 Å². The highest BCUT2D eigenvalue weighted by Gasteiger charge is 2.14. The number of ether oxygens (including phenoxy) is 3. The van der Waals surface area contributed by atoms with Gasteiger partial charge in [0.15, 0.2) is 23.9 Å². The van der Waals surface area contributed by atoms with Crippen LogP contribution in [-0.4, -0.2) is 34.1 Å². The summed E-state index contributed by atoms with van der Waals surface area (Å²) in [5.41, 5.74) is 11.6. The van der Waals surface area contributed by atoms with E-state index >= 15 is 0 Å². The fourth-order valence-corrected chi connectivity index (χ4v) is 2.08. The van der Waals surface area contributed by atoms with Crippen molar-refractivity contribution in [2.24, 2.45) is 0 Å². The Balaban J connectivity index is 1.59. The van der Waals surface area contributed by atoms with Crippen LogP contribution in [0, 0.1) is 0 Å². The standard InChI is InChI=1S/C14H15N5O4/c15-13-17-11(18-14(16)19-13)7-23-12(20)6-8-1-2-9-10(5-8)22-4-3-21-9/h1-2,5H,3-4,6-7H2,(H4,15,16,17,18,19). The summed E-state index contributed by atoms with van der Waals surface area (Å²) in [6, 6.07) is 5.31. The van der Waals surface area contributed by atoms with Crippen molar-refractivity contribution in [3.05, 3.63) is 29.6 Å². The molecule has 0 atom stereocenters. The van der Waals surface area contributed by atoms with Gasteiger partial charge < -0.3 is 25.7 Å². The van der Waals surface area contributed by atoms with Crippen LogP contribution in [0.2, 0.25) is 0 Å². The highest BCUT2D eigenvalue weighted by Crippen LogP contribution is 2.30. The molecule has 0 fully saturated rings. The van der Waals surface area contributed by atoms with Gasteiger partial charge in [0, 0.05) is 0 Å². The Bertz CT molecular complexity index is 717. The number of carbonyl (C=O) groups is 1. The average molecular weight is 317 g/mol. The summed E-state index contributed by atoms with van der Waals surface area (Å²) < 4.78 is 16.0. The fraction of sp³-hybridized carbons (Fsp3) is 0.286. The van der Waals surface area contributed by atoms with E-state index in [4.69, 9.17) is 25.7 Å². The second kappa shape index (κ2) is 6.34. The van der Waals surface area contributed by atoms with Crippen molar-refractivity contribution in [3.63, 3.8) is 0 Å². The van der Waals surface area contributed by atoms with Crippen LogP contribution in [0.3, 0.4) is 0 Å². The monoisotopic (exact) mass is 317 g/mol. The molecule has 2 heterocycles. The van der Waals surface area contributed by atoms with E-state index in [-0.39, 0.29) is 30.7 Å². The Morgan fingerprint density at radius 2 is 1.78 bits per heavy atom. The molecule has 1 aliphatic heterocycles. The Morgan fingerprint density at radius 3 is 2.52 bits per heavy atom. The number of carbonyl (C=O) groups excluding carboxylic acids is 1. The van der Waals surface area contributed by atoms with Crippen LogP contribution in [0.4, 0.5) is 11.9 Å². The van der Waals surface area contributed by atoms with Gasteiger partial charge in [-0.1, -0.05) is 6.07 Å². The van der Waals surface area contributed by atoms with E-state index in [2.05, 4.69) is 15.0 Å². The minimum absolute atomic E-state index is 0.0182. The number of nitrogen functional groups attached to an aromatic ring is 2. The molecule has 2 aromatic rings. The molecule has 0 radical (unpaired) electrons. The number of esters is 1. The molecule has 9 nitrogen and oxygen atoms in total. The van der Waals surface area contributed by atoms with Gasteiger partial charge in [0.1, 0.15) is 13.2 Å². The molecule has 0 unspecified atom stereocenters. The van der Waals surface area contributed by atoms with Crippen molar-refractivity contribution in [1.29, 1.82) is 0 Å². The Morgan fingerprint density at radius 1 is 1.09 bits per heavy atom. The first kappa shape index (κ1) is 14.8. The van der Waals surface area contributed by atoms with Crippen LogP contribution in [-0.2, 0) is 22.6 Å². The summed E-state index contributed by atoms with van der Waals surface area (Å²) in [5, 5.41) is 0. The van der Waals surface area contributed by atoms with Gasteiger partial charge in [0.05, 0.1) is 6.42 Å². The Kier molecular flexibility index (Phi) is 4.09. The third kappa shape index (κ3) is 3.76. The predicted octanol–water partition coefficient (Wildman–Crippen LogP) is 0.0931. The van der Waals surface area contributed by atoms with E-state index in [0.717, 1.165) is 5.56 Å². The van der Waals surface area contributed by atoms with Gasteiger partial charge in [0.25, 0.3) is 0 Å². The van der Waals surface area contributed by atoms with Crippen molar-refractivity contribution >= 4 is 17.9 Å². The van der Waals surface area contributed by atoms with Crippen LogP contribution in [0.5, 0.6) is 11.5 Å². The van der Waals surface area contributed by atoms with E-state index in [1.165, 1.54) is 0 Å². The average Bonchev–Trinajstić information content (AvgIpc) is 2.52. The quantitative estimate of drug-likeness (QED) is 0.752. The molecule has 4 N–H and O–H groups in total. The first-order chi connectivity index (χ1) is 11.1. The van der Waals surface area contributed by atoms with Crippen LogP contribution < -0.4 is 20.9 Å². The summed E-state index contributed by atoms with van der Waals surface area (Å²) in [6.45, 7) is 0.885. The van der Waals surface area contributed by atoms with Gasteiger partial charge in [0.2, 0.25) is 11.9 Å². The number of nitrogens with two attached hydrogens (primary N) is 2. The molecule has 120 valence electrons. The third-order valence-electron chi connectivity index (χ3n) is 3.03. The molecule has 1 aromatic carbocycles. The molecule has 3 rings (SSSR count). The number of aromatic nitrogens is 3. The number of hydrogen-bond donors (Lipinski definition) is 2.